The van der Waals surface area contributed by atoms with Gasteiger partial charge in [0.1, 0.15) is 0 Å². The molecular weight excluding hydrogens is 358 g/mol. The molecule has 2 nitrogen and oxygen atoms in total. The van der Waals surface area contributed by atoms with E-state index in [1.54, 1.807) is 0 Å². The second-order valence-electron chi connectivity index (χ2n) is 5.24. The van der Waals surface area contributed by atoms with Gasteiger partial charge in [0.05, 0.1) is 12.4 Å². The van der Waals surface area contributed by atoms with Crippen molar-refractivity contribution < 1.29 is 40.7 Å². The molecule has 0 aliphatic rings. The van der Waals surface area contributed by atoms with Crippen molar-refractivity contribution >= 4 is 0 Å². The quantitative estimate of drug-likeness (QED) is 0.297. The maximum atomic E-state index is 13.1. The summed E-state index contributed by atoms with van der Waals surface area (Å²) in [6.45, 7) is 10.6. The Morgan fingerprint density at radius 2 is 1.44 bits per heavy atom. The molecule has 0 saturated carbocycles. The van der Waals surface area contributed by atoms with Gasteiger partial charge in [0.25, 0.3) is 0 Å². The van der Waals surface area contributed by atoms with E-state index in [1.807, 2.05) is 40.5 Å². The Labute approximate surface area is 168 Å². The predicted octanol–water partition coefficient (Wildman–Crippen LogP) is 6.14. The van der Waals surface area contributed by atoms with Crippen LogP contribution in [0.25, 0.3) is 0 Å². The van der Waals surface area contributed by atoms with Crippen molar-refractivity contribution in [3.05, 3.63) is 42.7 Å². The molecule has 0 atom stereocenters. The molecule has 0 spiro atoms. The molecule has 0 unspecified atom stereocenters. The van der Waals surface area contributed by atoms with Crippen LogP contribution in [0.15, 0.2) is 12.1 Å². The van der Waals surface area contributed by atoms with Crippen molar-refractivity contribution in [1.82, 2.24) is 0 Å². The Hall–Kier alpha value is -0.446. The topological polar surface area (TPSA) is 40.7 Å². The van der Waals surface area contributed by atoms with Gasteiger partial charge in [0, 0.05) is 11.6 Å². The van der Waals surface area contributed by atoms with Crippen molar-refractivity contribution in [3.8, 4) is 5.75 Å². The number of rotatable bonds is 8. The summed E-state index contributed by atoms with van der Waals surface area (Å²) in [7, 11) is 0. The van der Waals surface area contributed by atoms with E-state index in [1.165, 1.54) is 37.8 Å². The summed E-state index contributed by atoms with van der Waals surface area (Å²) in [6.07, 6.45) is 10.8. The van der Waals surface area contributed by atoms with Crippen molar-refractivity contribution in [2.24, 2.45) is 0 Å². The fraction of sp³-hybridized carbons (Fsp3) is 0.600. The minimum atomic E-state index is -0.981. The zero-order valence-electron chi connectivity index (χ0n) is 16.4. The number of benzene rings is 1. The molecule has 1 aromatic carbocycles. The second-order valence-corrected chi connectivity index (χ2v) is 5.24. The van der Waals surface area contributed by atoms with E-state index >= 15 is 0 Å². The molecule has 5 heteroatoms. The molecule has 0 aromatic heterocycles. The largest absolute Gasteiger partial charge is 3.00 e. The third-order valence-electron chi connectivity index (χ3n) is 2.61. The standard InChI is InChI=1S/C14H19F2O.2C3H7.H2O.Ti/c1-2-3-4-5-6-7-11-17-13-10-8-9-12(15)14(13)16;2*1-3-2;;/h8,10H,2-7,11H2,1H3;2*3H,1-2H3;1H2;/q3*-1;;+3. The smallest absolute Gasteiger partial charge is 0.516 e. The number of halogens is 2. The van der Waals surface area contributed by atoms with E-state index in [-0.39, 0.29) is 32.9 Å². The van der Waals surface area contributed by atoms with Crippen LogP contribution >= 0.6 is 0 Å². The molecular formula is C20H35F2O2Ti. The van der Waals surface area contributed by atoms with Gasteiger partial charge in [-0.1, -0.05) is 39.0 Å². The SMILES string of the molecule is CCCCCCCCOc1cc[c-]c(F)c1F.C[CH-]C.C[CH-]C.O.[Ti+3]. The van der Waals surface area contributed by atoms with Crippen LogP contribution in [0.1, 0.15) is 73.1 Å². The monoisotopic (exact) mass is 393 g/mol. The average molecular weight is 393 g/mol. The van der Waals surface area contributed by atoms with Gasteiger partial charge in [-0.3, -0.25) is 4.39 Å². The molecule has 1 aromatic rings. The van der Waals surface area contributed by atoms with Crippen LogP contribution < -0.4 is 4.74 Å². The molecule has 0 fully saturated rings. The molecule has 0 saturated heterocycles. The second kappa shape index (κ2) is 25.8. The van der Waals surface area contributed by atoms with Crippen molar-refractivity contribution in [2.45, 2.75) is 73.1 Å². The number of hydrogen-bond acceptors (Lipinski definition) is 1. The number of hydrogen-bond donors (Lipinski definition) is 0. The molecule has 145 valence electrons. The fourth-order valence-electron chi connectivity index (χ4n) is 1.61. The normalized spacial score (nSPS) is 8.60. The third kappa shape index (κ3) is 21.5. The molecule has 0 amide bonds. The van der Waals surface area contributed by atoms with Crippen LogP contribution in [-0.4, -0.2) is 12.1 Å². The van der Waals surface area contributed by atoms with Crippen molar-refractivity contribution in [3.63, 3.8) is 0 Å². The van der Waals surface area contributed by atoms with Crippen molar-refractivity contribution in [2.75, 3.05) is 6.61 Å². The minimum Gasteiger partial charge on any atom is -0.516 e. The van der Waals surface area contributed by atoms with Crippen LogP contribution in [0.5, 0.6) is 5.75 Å². The summed E-state index contributed by atoms with van der Waals surface area (Å²) in [6, 6.07) is 4.87. The minimum absolute atomic E-state index is 0. The molecule has 1 rings (SSSR count). The molecule has 1 radical (unpaired) electrons. The third-order valence-corrected chi connectivity index (χ3v) is 2.61. The first-order valence-corrected chi connectivity index (χ1v) is 8.55. The van der Waals surface area contributed by atoms with Crippen LogP contribution in [0.3, 0.4) is 0 Å². The zero-order valence-corrected chi connectivity index (χ0v) is 18.0. The van der Waals surface area contributed by atoms with E-state index in [0.29, 0.717) is 6.61 Å². The van der Waals surface area contributed by atoms with Crippen LogP contribution in [0.4, 0.5) is 8.78 Å². The van der Waals surface area contributed by atoms with Gasteiger partial charge in [-0.15, -0.1) is 12.1 Å². The summed E-state index contributed by atoms with van der Waals surface area (Å²) in [4.78, 5) is 0. The first-order valence-electron chi connectivity index (χ1n) is 8.55. The van der Waals surface area contributed by atoms with Gasteiger partial charge in [-0.25, -0.2) is 4.39 Å². The van der Waals surface area contributed by atoms with Gasteiger partial charge in [-0.2, -0.15) is 33.8 Å². The first kappa shape index (κ1) is 32.2. The average Bonchev–Trinajstić information content (AvgIpc) is 2.52. The summed E-state index contributed by atoms with van der Waals surface area (Å²) in [5, 5.41) is 0. The summed E-state index contributed by atoms with van der Waals surface area (Å²) < 4.78 is 31.1. The van der Waals surface area contributed by atoms with Gasteiger partial charge < -0.3 is 23.1 Å². The Bertz CT molecular complexity index is 362. The fourth-order valence-corrected chi connectivity index (χ4v) is 1.61. The van der Waals surface area contributed by atoms with E-state index in [2.05, 4.69) is 13.0 Å². The Balaban J connectivity index is -0.000000242. The van der Waals surface area contributed by atoms with Gasteiger partial charge in [0.15, 0.2) is 0 Å². The summed E-state index contributed by atoms with van der Waals surface area (Å²) >= 11 is 0. The summed E-state index contributed by atoms with van der Waals surface area (Å²) in [5.41, 5.74) is 0. The molecule has 0 aliphatic heterocycles. The number of ether oxygens (including phenoxy) is 1. The molecule has 25 heavy (non-hydrogen) atoms. The molecule has 0 bridgehead atoms. The van der Waals surface area contributed by atoms with Crippen LogP contribution in [-0.2, 0) is 21.7 Å². The molecule has 0 aliphatic carbocycles. The molecule has 2 N–H and O–H groups in total. The van der Waals surface area contributed by atoms with E-state index in [0.717, 1.165) is 12.8 Å². The maximum Gasteiger partial charge on any atom is 3.00 e. The maximum absolute atomic E-state index is 13.1. The Kier molecular flexibility index (Phi) is 33.3. The van der Waals surface area contributed by atoms with Gasteiger partial charge in [0.2, 0.25) is 0 Å². The van der Waals surface area contributed by atoms with E-state index < -0.39 is 11.6 Å². The Morgan fingerprint density at radius 1 is 0.960 bits per heavy atom. The molecule has 0 heterocycles. The van der Waals surface area contributed by atoms with Crippen molar-refractivity contribution in [1.29, 1.82) is 0 Å². The van der Waals surface area contributed by atoms with Crippen LogP contribution in [0, 0.1) is 30.5 Å². The predicted molar refractivity (Wildman–Crippen MR) is 99.0 cm³/mol. The first-order chi connectivity index (χ1) is 11.1. The van der Waals surface area contributed by atoms with Gasteiger partial charge in [-0.05, 0) is 6.42 Å². The van der Waals surface area contributed by atoms with E-state index in [9.17, 15) is 8.78 Å². The summed E-state index contributed by atoms with van der Waals surface area (Å²) in [5.74, 6) is -1.95. The number of unbranched alkanes of at least 4 members (excludes halogenated alkanes) is 5. The van der Waals surface area contributed by atoms with E-state index in [4.69, 9.17) is 4.74 Å². The van der Waals surface area contributed by atoms with Crippen LogP contribution in [0.2, 0.25) is 0 Å². The van der Waals surface area contributed by atoms with Gasteiger partial charge >= 0.3 is 21.7 Å². The Morgan fingerprint density at radius 3 is 1.96 bits per heavy atom. The zero-order chi connectivity index (χ0) is 17.9.